The van der Waals surface area contributed by atoms with E-state index in [9.17, 15) is 4.79 Å². The van der Waals surface area contributed by atoms with Gasteiger partial charge in [0.1, 0.15) is 5.69 Å². The summed E-state index contributed by atoms with van der Waals surface area (Å²) in [6.07, 6.45) is 2.15. The Balaban J connectivity index is 0.00000200. The molecule has 1 amide bonds. The normalized spacial score (nSPS) is 19.0. The predicted octanol–water partition coefficient (Wildman–Crippen LogP) is 1.95. The Labute approximate surface area is 126 Å². The molecule has 0 saturated carbocycles. The van der Waals surface area contributed by atoms with Crippen molar-refractivity contribution < 1.29 is 4.79 Å². The van der Waals surface area contributed by atoms with Crippen LogP contribution in [0.3, 0.4) is 0 Å². The summed E-state index contributed by atoms with van der Waals surface area (Å²) in [5.41, 5.74) is 1.52. The van der Waals surface area contributed by atoms with Crippen molar-refractivity contribution in [3.63, 3.8) is 0 Å². The Hall–Kier alpha value is -1.07. The van der Waals surface area contributed by atoms with Crippen molar-refractivity contribution in [3.8, 4) is 0 Å². The summed E-state index contributed by atoms with van der Waals surface area (Å²) in [6.45, 7) is 8.00. The van der Waals surface area contributed by atoms with Crippen molar-refractivity contribution in [1.29, 1.82) is 0 Å². The van der Waals surface area contributed by atoms with Crippen LogP contribution in [-0.2, 0) is 5.41 Å². The molecule has 0 aliphatic carbocycles. The van der Waals surface area contributed by atoms with Gasteiger partial charge < -0.3 is 10.2 Å². The van der Waals surface area contributed by atoms with Gasteiger partial charge in [0.15, 0.2) is 0 Å². The third-order valence-electron chi connectivity index (χ3n) is 3.68. The number of hydrogen-bond donors (Lipinski definition) is 2. The van der Waals surface area contributed by atoms with E-state index in [4.69, 9.17) is 0 Å². The molecule has 20 heavy (non-hydrogen) atoms. The first-order valence-electron chi connectivity index (χ1n) is 6.95. The number of amides is 1. The molecule has 2 N–H and O–H groups in total. The van der Waals surface area contributed by atoms with E-state index in [1.54, 1.807) is 0 Å². The third-order valence-corrected chi connectivity index (χ3v) is 3.68. The Morgan fingerprint density at radius 3 is 2.80 bits per heavy atom. The average molecular weight is 301 g/mol. The Morgan fingerprint density at radius 1 is 1.55 bits per heavy atom. The molecule has 0 aromatic carbocycles. The molecule has 1 fully saturated rings. The largest absolute Gasteiger partial charge is 0.333 e. The second-order valence-electron chi connectivity index (χ2n) is 6.27. The SMILES string of the molecule is CNCC1CCCN1C(=O)c1cc(C(C)(C)C)[nH]n1.Cl. The number of hydrogen-bond acceptors (Lipinski definition) is 3. The molecule has 2 rings (SSSR count). The number of likely N-dealkylation sites (tertiary alicyclic amines) is 1. The highest BCUT2D eigenvalue weighted by Crippen LogP contribution is 2.23. The molecule has 6 heteroatoms. The van der Waals surface area contributed by atoms with Gasteiger partial charge >= 0.3 is 0 Å². The van der Waals surface area contributed by atoms with Crippen LogP contribution in [0.15, 0.2) is 6.07 Å². The van der Waals surface area contributed by atoms with E-state index >= 15 is 0 Å². The molecule has 0 radical (unpaired) electrons. The maximum Gasteiger partial charge on any atom is 0.274 e. The van der Waals surface area contributed by atoms with Crippen LogP contribution in [0.2, 0.25) is 0 Å². The molecule has 114 valence electrons. The van der Waals surface area contributed by atoms with Crippen LogP contribution < -0.4 is 5.32 Å². The second-order valence-corrected chi connectivity index (χ2v) is 6.27. The number of aromatic nitrogens is 2. The Bertz CT molecular complexity index is 452. The maximum atomic E-state index is 12.5. The molecule has 1 saturated heterocycles. The highest BCUT2D eigenvalue weighted by molar-refractivity contribution is 5.92. The van der Waals surface area contributed by atoms with E-state index in [1.807, 2.05) is 18.0 Å². The first-order valence-corrected chi connectivity index (χ1v) is 6.95. The lowest BCUT2D eigenvalue weighted by Crippen LogP contribution is -2.41. The molecular weight excluding hydrogens is 276 g/mol. The Kier molecular flexibility index (Phi) is 5.59. The lowest BCUT2D eigenvalue weighted by atomic mass is 9.92. The van der Waals surface area contributed by atoms with Gasteiger partial charge in [-0.3, -0.25) is 9.89 Å². The molecule has 5 nitrogen and oxygen atoms in total. The lowest BCUT2D eigenvalue weighted by molar-refractivity contribution is 0.0731. The molecule has 0 spiro atoms. The van der Waals surface area contributed by atoms with Crippen molar-refractivity contribution in [3.05, 3.63) is 17.5 Å². The summed E-state index contributed by atoms with van der Waals surface area (Å²) in [7, 11) is 1.92. The monoisotopic (exact) mass is 300 g/mol. The van der Waals surface area contributed by atoms with E-state index < -0.39 is 0 Å². The highest BCUT2D eigenvalue weighted by atomic mass is 35.5. The van der Waals surface area contributed by atoms with Crippen LogP contribution in [0.4, 0.5) is 0 Å². The molecule has 1 unspecified atom stereocenters. The number of halogens is 1. The lowest BCUT2D eigenvalue weighted by Gasteiger charge is -2.23. The maximum absolute atomic E-state index is 12.5. The number of carbonyl (C=O) groups is 1. The minimum atomic E-state index is -0.0130. The summed E-state index contributed by atoms with van der Waals surface area (Å²) in [5, 5.41) is 10.3. The summed E-state index contributed by atoms with van der Waals surface area (Å²) in [6, 6.07) is 2.18. The number of rotatable bonds is 3. The highest BCUT2D eigenvalue weighted by Gasteiger charge is 2.30. The molecule has 0 bridgehead atoms. The molecule has 1 aliphatic heterocycles. The fraction of sp³-hybridized carbons (Fsp3) is 0.714. The van der Waals surface area contributed by atoms with Gasteiger partial charge in [0.25, 0.3) is 5.91 Å². The van der Waals surface area contributed by atoms with Gasteiger partial charge in [-0.25, -0.2) is 0 Å². The standard InChI is InChI=1S/C14H24N4O.ClH/c1-14(2,3)12-8-11(16-17-12)13(19)18-7-5-6-10(18)9-15-4;/h8,10,15H,5-7,9H2,1-4H3,(H,16,17);1H. The summed E-state index contributed by atoms with van der Waals surface area (Å²) in [4.78, 5) is 14.4. The van der Waals surface area contributed by atoms with Gasteiger partial charge in [-0.05, 0) is 26.0 Å². The minimum absolute atomic E-state index is 0. The van der Waals surface area contributed by atoms with Crippen molar-refractivity contribution in [2.75, 3.05) is 20.1 Å². The van der Waals surface area contributed by atoms with E-state index in [0.29, 0.717) is 11.7 Å². The quantitative estimate of drug-likeness (QED) is 0.897. The van der Waals surface area contributed by atoms with Gasteiger partial charge in [-0.15, -0.1) is 12.4 Å². The number of aromatic amines is 1. The zero-order chi connectivity index (χ0) is 14.0. The zero-order valence-electron chi connectivity index (χ0n) is 12.7. The predicted molar refractivity (Wildman–Crippen MR) is 82.5 cm³/mol. The van der Waals surface area contributed by atoms with E-state index in [-0.39, 0.29) is 23.7 Å². The zero-order valence-corrected chi connectivity index (χ0v) is 13.5. The molecule has 2 heterocycles. The Morgan fingerprint density at radius 2 is 2.25 bits per heavy atom. The van der Waals surface area contributed by atoms with Crippen molar-refractivity contribution in [2.24, 2.45) is 0 Å². The molecule has 1 aromatic rings. The van der Waals surface area contributed by atoms with Crippen LogP contribution in [0, 0.1) is 0 Å². The van der Waals surface area contributed by atoms with Crippen molar-refractivity contribution in [1.82, 2.24) is 20.4 Å². The fourth-order valence-electron chi connectivity index (χ4n) is 2.51. The summed E-state index contributed by atoms with van der Waals surface area (Å²) < 4.78 is 0. The van der Waals surface area contributed by atoms with E-state index in [2.05, 4.69) is 36.3 Å². The van der Waals surface area contributed by atoms with Crippen LogP contribution in [0.5, 0.6) is 0 Å². The van der Waals surface area contributed by atoms with Gasteiger partial charge in [-0.2, -0.15) is 5.10 Å². The van der Waals surface area contributed by atoms with Crippen molar-refractivity contribution in [2.45, 2.75) is 45.1 Å². The van der Waals surface area contributed by atoms with Gasteiger partial charge in [0.05, 0.1) is 0 Å². The number of nitrogens with one attached hydrogen (secondary N) is 2. The minimum Gasteiger partial charge on any atom is -0.333 e. The number of carbonyl (C=O) groups excluding carboxylic acids is 1. The van der Waals surface area contributed by atoms with Crippen LogP contribution in [0.25, 0.3) is 0 Å². The summed E-state index contributed by atoms with van der Waals surface area (Å²) >= 11 is 0. The fourth-order valence-corrected chi connectivity index (χ4v) is 2.51. The number of likely N-dealkylation sites (N-methyl/N-ethyl adjacent to an activating group) is 1. The number of nitrogens with zero attached hydrogens (tertiary/aromatic N) is 2. The molecular formula is C14H25ClN4O. The van der Waals surface area contributed by atoms with Crippen LogP contribution in [0.1, 0.15) is 49.8 Å². The first kappa shape index (κ1) is 17.0. The van der Waals surface area contributed by atoms with Crippen LogP contribution in [-0.4, -0.2) is 47.2 Å². The topological polar surface area (TPSA) is 61.0 Å². The van der Waals surface area contributed by atoms with Crippen molar-refractivity contribution >= 4 is 18.3 Å². The molecule has 1 atom stereocenters. The second kappa shape index (κ2) is 6.59. The summed E-state index contributed by atoms with van der Waals surface area (Å²) in [5.74, 6) is 0.0458. The van der Waals surface area contributed by atoms with E-state index in [1.165, 1.54) is 0 Å². The van der Waals surface area contributed by atoms with Gasteiger partial charge in [0, 0.05) is 30.2 Å². The number of H-pyrrole nitrogens is 1. The third kappa shape index (κ3) is 3.52. The average Bonchev–Trinajstić information content (AvgIpc) is 2.96. The van der Waals surface area contributed by atoms with Gasteiger partial charge in [-0.1, -0.05) is 20.8 Å². The van der Waals surface area contributed by atoms with Gasteiger partial charge in [0.2, 0.25) is 0 Å². The smallest absolute Gasteiger partial charge is 0.274 e. The molecule has 1 aromatic heterocycles. The van der Waals surface area contributed by atoms with E-state index in [0.717, 1.165) is 31.6 Å². The first-order chi connectivity index (χ1) is 8.93. The van der Waals surface area contributed by atoms with Crippen LogP contribution >= 0.6 is 12.4 Å². The molecule has 1 aliphatic rings.